The minimum absolute atomic E-state index is 0.0868. The minimum Gasteiger partial charge on any atom is -0.507 e. The second kappa shape index (κ2) is 7.42. The molecule has 1 heterocycles. The van der Waals surface area contributed by atoms with Crippen LogP contribution in [0.5, 0.6) is 5.75 Å². The van der Waals surface area contributed by atoms with Crippen LogP contribution in [0.2, 0.25) is 5.15 Å². The van der Waals surface area contributed by atoms with E-state index >= 15 is 0 Å². The maximum absolute atomic E-state index is 11.8. The van der Waals surface area contributed by atoms with Gasteiger partial charge in [-0.25, -0.2) is 4.98 Å². The van der Waals surface area contributed by atoms with Crippen LogP contribution in [0.25, 0.3) is 0 Å². The van der Waals surface area contributed by atoms with Crippen LogP contribution in [0.3, 0.4) is 0 Å². The number of hydrogen-bond acceptors (Lipinski definition) is 4. The van der Waals surface area contributed by atoms with Crippen molar-refractivity contribution in [2.45, 2.75) is 0 Å². The number of amides is 2. The summed E-state index contributed by atoms with van der Waals surface area (Å²) in [6, 6.07) is 9.32. The molecule has 2 amide bonds. The van der Waals surface area contributed by atoms with Gasteiger partial charge in [0.25, 0.3) is 11.8 Å². The fourth-order valence-corrected chi connectivity index (χ4v) is 1.84. The van der Waals surface area contributed by atoms with Gasteiger partial charge in [0.1, 0.15) is 10.9 Å². The van der Waals surface area contributed by atoms with Gasteiger partial charge in [0.2, 0.25) is 0 Å². The molecule has 0 aliphatic carbocycles. The molecule has 0 saturated carbocycles. The van der Waals surface area contributed by atoms with E-state index in [9.17, 15) is 14.7 Å². The van der Waals surface area contributed by atoms with Gasteiger partial charge in [0.05, 0.1) is 11.1 Å². The van der Waals surface area contributed by atoms with Gasteiger partial charge in [-0.15, -0.1) is 0 Å². The Morgan fingerprint density at radius 2 is 1.73 bits per heavy atom. The molecule has 2 rings (SSSR count). The van der Waals surface area contributed by atoms with Crippen molar-refractivity contribution in [2.75, 3.05) is 13.1 Å². The zero-order chi connectivity index (χ0) is 15.9. The van der Waals surface area contributed by atoms with Crippen molar-refractivity contribution in [2.24, 2.45) is 0 Å². The van der Waals surface area contributed by atoms with Crippen LogP contribution in [-0.2, 0) is 0 Å². The van der Waals surface area contributed by atoms with Gasteiger partial charge in [0, 0.05) is 19.3 Å². The summed E-state index contributed by atoms with van der Waals surface area (Å²) in [7, 11) is 0. The number of aromatic hydroxyl groups is 1. The highest BCUT2D eigenvalue weighted by Crippen LogP contribution is 2.14. The lowest BCUT2D eigenvalue weighted by Crippen LogP contribution is -2.34. The van der Waals surface area contributed by atoms with Crippen LogP contribution in [0, 0.1) is 0 Å². The fourth-order valence-electron chi connectivity index (χ4n) is 1.73. The van der Waals surface area contributed by atoms with Crippen molar-refractivity contribution in [3.05, 3.63) is 58.9 Å². The largest absolute Gasteiger partial charge is 0.507 e. The summed E-state index contributed by atoms with van der Waals surface area (Å²) in [4.78, 5) is 27.4. The molecule has 0 saturated heterocycles. The molecule has 1 aromatic heterocycles. The Kier molecular flexibility index (Phi) is 5.32. The Morgan fingerprint density at radius 3 is 2.36 bits per heavy atom. The fraction of sp³-hybridized carbons (Fsp3) is 0.133. The van der Waals surface area contributed by atoms with Gasteiger partial charge in [-0.1, -0.05) is 23.7 Å². The maximum atomic E-state index is 11.8. The van der Waals surface area contributed by atoms with Crippen LogP contribution in [0.4, 0.5) is 0 Å². The summed E-state index contributed by atoms with van der Waals surface area (Å²) in [5.41, 5.74) is 0.576. The summed E-state index contributed by atoms with van der Waals surface area (Å²) in [5.74, 6) is -0.794. The molecular weight excluding hydrogens is 306 g/mol. The summed E-state index contributed by atoms with van der Waals surface area (Å²) in [5, 5.41) is 15.1. The standard InChI is InChI=1S/C15H14ClN3O3/c16-13-6-5-10(9-19-13)14(21)17-7-8-18-15(22)11-3-1-2-4-12(11)20/h1-6,9,20H,7-8H2,(H,17,21)(H,18,22). The summed E-state index contributed by atoms with van der Waals surface area (Å²) < 4.78 is 0. The number of benzene rings is 1. The SMILES string of the molecule is O=C(NCCNC(=O)c1ccccc1O)c1ccc(Cl)nc1. The van der Waals surface area contributed by atoms with Gasteiger partial charge in [0.15, 0.2) is 0 Å². The maximum Gasteiger partial charge on any atom is 0.255 e. The first-order valence-electron chi connectivity index (χ1n) is 6.54. The molecule has 6 nitrogen and oxygen atoms in total. The number of pyridine rings is 1. The zero-order valence-electron chi connectivity index (χ0n) is 11.5. The molecule has 0 fully saturated rings. The Balaban J connectivity index is 1.77. The predicted molar refractivity (Wildman–Crippen MR) is 82.0 cm³/mol. The van der Waals surface area contributed by atoms with Crippen LogP contribution >= 0.6 is 11.6 Å². The molecule has 22 heavy (non-hydrogen) atoms. The second-order valence-corrected chi connectivity index (χ2v) is 4.79. The number of carbonyl (C=O) groups is 2. The Morgan fingerprint density at radius 1 is 1.05 bits per heavy atom. The van der Waals surface area contributed by atoms with Gasteiger partial charge in [-0.05, 0) is 24.3 Å². The van der Waals surface area contributed by atoms with Gasteiger partial charge in [-0.3, -0.25) is 9.59 Å². The smallest absolute Gasteiger partial charge is 0.255 e. The highest BCUT2D eigenvalue weighted by molar-refractivity contribution is 6.29. The summed E-state index contributed by atoms with van der Waals surface area (Å²) >= 11 is 5.64. The minimum atomic E-state index is -0.402. The van der Waals surface area contributed by atoms with E-state index in [1.54, 1.807) is 18.2 Å². The average molecular weight is 320 g/mol. The first-order chi connectivity index (χ1) is 10.6. The molecule has 0 spiro atoms. The van der Waals surface area contributed by atoms with E-state index in [1.165, 1.54) is 24.4 Å². The molecule has 0 bridgehead atoms. The zero-order valence-corrected chi connectivity index (χ0v) is 12.3. The van der Waals surface area contributed by atoms with E-state index in [1.807, 2.05) is 0 Å². The molecule has 1 aromatic carbocycles. The number of carbonyl (C=O) groups excluding carboxylic acids is 2. The highest BCUT2D eigenvalue weighted by Gasteiger charge is 2.10. The van der Waals surface area contributed by atoms with Crippen LogP contribution in [0.15, 0.2) is 42.6 Å². The number of rotatable bonds is 5. The van der Waals surface area contributed by atoms with E-state index in [0.29, 0.717) is 10.7 Å². The normalized spacial score (nSPS) is 10.0. The van der Waals surface area contributed by atoms with E-state index in [2.05, 4.69) is 15.6 Å². The first-order valence-corrected chi connectivity index (χ1v) is 6.91. The summed E-state index contributed by atoms with van der Waals surface area (Å²) in [6.45, 7) is 0.487. The molecule has 7 heteroatoms. The molecule has 0 unspecified atom stereocenters. The van der Waals surface area contributed by atoms with Crippen molar-refractivity contribution in [1.29, 1.82) is 0 Å². The highest BCUT2D eigenvalue weighted by atomic mass is 35.5. The lowest BCUT2D eigenvalue weighted by atomic mass is 10.2. The summed E-state index contributed by atoms with van der Waals surface area (Å²) in [6.07, 6.45) is 1.37. The van der Waals surface area contributed by atoms with E-state index < -0.39 is 5.91 Å². The van der Waals surface area contributed by atoms with Gasteiger partial charge in [-0.2, -0.15) is 0 Å². The average Bonchev–Trinajstić information content (AvgIpc) is 2.52. The van der Waals surface area contributed by atoms with Crippen LogP contribution in [0.1, 0.15) is 20.7 Å². The topological polar surface area (TPSA) is 91.3 Å². The number of para-hydroxylation sites is 1. The number of phenols is 1. The van der Waals surface area contributed by atoms with Gasteiger partial charge >= 0.3 is 0 Å². The van der Waals surface area contributed by atoms with Crippen molar-refractivity contribution >= 4 is 23.4 Å². The number of nitrogens with zero attached hydrogens (tertiary/aromatic N) is 1. The predicted octanol–water partition coefficient (Wildman–Crippen LogP) is 1.60. The molecule has 0 aliphatic rings. The van der Waals surface area contributed by atoms with Crippen LogP contribution in [-0.4, -0.2) is 35.0 Å². The lowest BCUT2D eigenvalue weighted by Gasteiger charge is -2.08. The first kappa shape index (κ1) is 15.8. The lowest BCUT2D eigenvalue weighted by molar-refractivity contribution is 0.0926. The molecule has 0 radical (unpaired) electrons. The second-order valence-electron chi connectivity index (χ2n) is 4.40. The number of phenolic OH excluding ortho intramolecular Hbond substituents is 1. The third-order valence-corrected chi connectivity index (χ3v) is 3.06. The molecular formula is C15H14ClN3O3. The van der Waals surface area contributed by atoms with Crippen molar-refractivity contribution < 1.29 is 14.7 Å². The van der Waals surface area contributed by atoms with Crippen LogP contribution < -0.4 is 10.6 Å². The van der Waals surface area contributed by atoms with Crippen molar-refractivity contribution in [1.82, 2.24) is 15.6 Å². The molecule has 2 aromatic rings. The molecule has 0 atom stereocenters. The Labute approximate surface area is 132 Å². The Bertz CT molecular complexity index is 674. The quantitative estimate of drug-likeness (QED) is 0.576. The monoisotopic (exact) mass is 319 g/mol. The number of hydrogen-bond donors (Lipinski definition) is 3. The molecule has 0 aliphatic heterocycles. The van der Waals surface area contributed by atoms with Crippen molar-refractivity contribution in [3.63, 3.8) is 0 Å². The molecule has 114 valence electrons. The van der Waals surface area contributed by atoms with E-state index in [0.717, 1.165) is 0 Å². The third-order valence-electron chi connectivity index (χ3n) is 2.83. The third kappa shape index (κ3) is 4.20. The van der Waals surface area contributed by atoms with Gasteiger partial charge < -0.3 is 15.7 Å². The van der Waals surface area contributed by atoms with E-state index in [-0.39, 0.29) is 30.3 Å². The Hall–Kier alpha value is -2.60. The number of halogens is 1. The molecule has 3 N–H and O–H groups in total. The number of aromatic nitrogens is 1. The van der Waals surface area contributed by atoms with E-state index in [4.69, 9.17) is 11.6 Å². The number of nitrogens with one attached hydrogen (secondary N) is 2. The van der Waals surface area contributed by atoms with Crippen molar-refractivity contribution in [3.8, 4) is 5.75 Å².